The van der Waals surface area contributed by atoms with Crippen LogP contribution in [0.1, 0.15) is 30.3 Å². The molecule has 0 aliphatic carbocycles. The Morgan fingerprint density at radius 3 is 1.93 bits per heavy atom. The fraction of sp³-hybridized carbons (Fsp3) is 0.444. The van der Waals surface area contributed by atoms with Crippen LogP contribution in [-0.2, 0) is 9.47 Å². The molecule has 0 unspecified atom stereocenters. The van der Waals surface area contributed by atoms with Crippen molar-refractivity contribution in [3.05, 3.63) is 51.7 Å². The fourth-order valence-corrected chi connectivity index (χ4v) is 5.34. The van der Waals surface area contributed by atoms with E-state index in [1.54, 1.807) is 0 Å². The lowest BCUT2D eigenvalue weighted by Crippen LogP contribution is -2.55. The monoisotopic (exact) mass is 578 g/mol. The molecule has 0 radical (unpaired) electrons. The number of aliphatic hydroxyl groups excluding tert-OH is 7. The van der Waals surface area contributed by atoms with Gasteiger partial charge in [0.2, 0.25) is 0 Å². The fourth-order valence-electron chi connectivity index (χ4n) is 5.34. The van der Waals surface area contributed by atoms with Crippen LogP contribution in [0.25, 0.3) is 22.3 Å². The number of hydrogen-bond donors (Lipinski definition) is 10. The number of hydrogen-bond acceptors (Lipinski definition) is 14. The number of phenolic OH excluding ortho intramolecular Hbond substituents is 3. The van der Waals surface area contributed by atoms with E-state index in [0.29, 0.717) is 5.56 Å². The van der Waals surface area contributed by atoms with Crippen molar-refractivity contribution in [3.8, 4) is 28.6 Å². The zero-order chi connectivity index (χ0) is 29.9. The lowest BCUT2D eigenvalue weighted by Gasteiger charge is -2.42. The van der Waals surface area contributed by atoms with E-state index in [4.69, 9.17) is 13.9 Å². The molecule has 2 aliphatic heterocycles. The summed E-state index contributed by atoms with van der Waals surface area (Å²) in [7, 11) is 0. The van der Waals surface area contributed by atoms with Gasteiger partial charge in [0.1, 0.15) is 83.3 Å². The number of aliphatic hydroxyl groups is 7. The molecule has 10 N–H and O–H groups in total. The highest BCUT2D eigenvalue weighted by Crippen LogP contribution is 2.50. The highest BCUT2D eigenvalue weighted by Gasteiger charge is 2.49. The minimum atomic E-state index is -1.98. The first kappa shape index (κ1) is 29.2. The molecular weight excluding hydrogens is 548 g/mol. The van der Waals surface area contributed by atoms with Crippen molar-refractivity contribution in [1.29, 1.82) is 0 Å². The number of phenols is 3. The van der Waals surface area contributed by atoms with Gasteiger partial charge < -0.3 is 65.0 Å². The van der Waals surface area contributed by atoms with E-state index >= 15 is 0 Å². The van der Waals surface area contributed by atoms with Crippen LogP contribution in [-0.4, -0.2) is 107 Å². The molecule has 2 saturated heterocycles. The van der Waals surface area contributed by atoms with Gasteiger partial charge in [-0.3, -0.25) is 4.79 Å². The highest BCUT2D eigenvalue weighted by atomic mass is 16.5. The van der Waals surface area contributed by atoms with E-state index in [2.05, 4.69) is 0 Å². The lowest BCUT2D eigenvalue weighted by molar-refractivity contribution is -0.232. The van der Waals surface area contributed by atoms with Gasteiger partial charge in [-0.1, -0.05) is 0 Å². The molecule has 5 rings (SSSR count). The molecule has 0 saturated carbocycles. The maximum atomic E-state index is 13.4. The molecule has 2 fully saturated rings. The van der Waals surface area contributed by atoms with Crippen LogP contribution in [0.4, 0.5) is 0 Å². The third-order valence-electron chi connectivity index (χ3n) is 7.66. The smallest absolute Gasteiger partial charge is 0.197 e. The largest absolute Gasteiger partial charge is 0.508 e. The Kier molecular flexibility index (Phi) is 7.71. The van der Waals surface area contributed by atoms with E-state index in [-0.39, 0.29) is 11.5 Å². The van der Waals surface area contributed by atoms with E-state index in [1.165, 1.54) is 31.2 Å². The maximum absolute atomic E-state index is 13.4. The second-order valence-electron chi connectivity index (χ2n) is 10.2. The van der Waals surface area contributed by atoms with Crippen LogP contribution in [0, 0.1) is 0 Å². The van der Waals surface area contributed by atoms with Gasteiger partial charge in [0.15, 0.2) is 11.0 Å². The van der Waals surface area contributed by atoms with Crippen molar-refractivity contribution in [2.75, 3.05) is 6.61 Å². The molecule has 2 aliphatic rings. The normalized spacial score (nSPS) is 34.1. The summed E-state index contributed by atoms with van der Waals surface area (Å²) >= 11 is 0. The minimum absolute atomic E-state index is 0.0719. The SMILES string of the molecule is C[C@H]1O[C@@H](c2c(O)c([C@H]3O[C@H](CO)[C@@H](O)[C@H](O)[C@H]3O)c(O)c3c(=O)cc(-c4ccc(O)cc4)oc23)[C@H](O)[C@H](O)[C@H]1O. The second-order valence-corrected chi connectivity index (χ2v) is 10.2. The molecule has 0 amide bonds. The second kappa shape index (κ2) is 10.8. The minimum Gasteiger partial charge on any atom is -0.508 e. The van der Waals surface area contributed by atoms with Gasteiger partial charge >= 0.3 is 0 Å². The molecule has 10 atom stereocenters. The highest BCUT2D eigenvalue weighted by molar-refractivity contribution is 5.92. The van der Waals surface area contributed by atoms with Crippen molar-refractivity contribution in [2.24, 2.45) is 0 Å². The third kappa shape index (κ3) is 4.72. The Bertz CT molecular complexity index is 1480. The standard InChI is InChI=1S/C27H30O14/c1-8-17(31)21(35)23(37)27(39-8)16-20(34)15(26-24(38)22(36)18(32)13(7-28)41-26)19(33)14-11(30)6-12(40-25(14)16)9-2-4-10(29)5-3-9/h2-6,8,13,17-18,21-24,26-29,31-38H,7H2,1H3/t8-,13-,17+,18-,21-,22+,23-,24-,26-,27+/m1/s1. The van der Waals surface area contributed by atoms with E-state index in [1.807, 2.05) is 0 Å². The van der Waals surface area contributed by atoms with Crippen LogP contribution in [0.5, 0.6) is 17.2 Å². The van der Waals surface area contributed by atoms with Gasteiger partial charge in [0.05, 0.1) is 23.8 Å². The van der Waals surface area contributed by atoms with E-state index in [0.717, 1.165) is 6.07 Å². The van der Waals surface area contributed by atoms with Crippen molar-refractivity contribution in [3.63, 3.8) is 0 Å². The van der Waals surface area contributed by atoms with Crippen molar-refractivity contribution in [2.45, 2.75) is 68.0 Å². The summed E-state index contributed by atoms with van der Waals surface area (Å²) in [5.41, 5.74) is -2.16. The number of rotatable bonds is 4. The van der Waals surface area contributed by atoms with Crippen LogP contribution in [0.15, 0.2) is 39.5 Å². The average Bonchev–Trinajstić information content (AvgIpc) is 2.94. The summed E-state index contributed by atoms with van der Waals surface area (Å²) in [4.78, 5) is 13.4. The van der Waals surface area contributed by atoms with Crippen molar-refractivity contribution >= 4 is 11.0 Å². The van der Waals surface area contributed by atoms with Gasteiger partial charge in [0, 0.05) is 11.6 Å². The van der Waals surface area contributed by atoms with Gasteiger partial charge in [-0.05, 0) is 31.2 Å². The summed E-state index contributed by atoms with van der Waals surface area (Å²) in [6, 6.07) is 6.51. The number of fused-ring (bicyclic) bond motifs is 1. The molecule has 0 bridgehead atoms. The molecule has 14 nitrogen and oxygen atoms in total. The average molecular weight is 579 g/mol. The summed E-state index contributed by atoms with van der Waals surface area (Å²) in [6.45, 7) is 0.552. The predicted octanol–water partition coefficient (Wildman–Crippen LogP) is -1.37. The van der Waals surface area contributed by atoms with Crippen LogP contribution < -0.4 is 5.43 Å². The van der Waals surface area contributed by atoms with Crippen LogP contribution in [0.2, 0.25) is 0 Å². The Balaban J connectivity index is 1.81. The molecule has 2 aromatic carbocycles. The van der Waals surface area contributed by atoms with Gasteiger partial charge in [-0.15, -0.1) is 0 Å². The van der Waals surface area contributed by atoms with Gasteiger partial charge in [-0.2, -0.15) is 0 Å². The third-order valence-corrected chi connectivity index (χ3v) is 7.66. The quantitative estimate of drug-likeness (QED) is 0.172. The van der Waals surface area contributed by atoms with Crippen molar-refractivity contribution < 1.29 is 65.0 Å². The molecule has 1 aromatic heterocycles. The number of aromatic hydroxyl groups is 3. The van der Waals surface area contributed by atoms with E-state index < -0.39 is 107 Å². The first-order valence-electron chi connectivity index (χ1n) is 12.7. The number of benzene rings is 2. The van der Waals surface area contributed by atoms with Crippen LogP contribution >= 0.6 is 0 Å². The zero-order valence-corrected chi connectivity index (χ0v) is 21.5. The Hall–Kier alpha value is -3.31. The molecule has 0 spiro atoms. The Morgan fingerprint density at radius 2 is 1.32 bits per heavy atom. The first-order valence-corrected chi connectivity index (χ1v) is 12.7. The van der Waals surface area contributed by atoms with Gasteiger partial charge in [-0.25, -0.2) is 0 Å². The molecule has 3 heterocycles. The Labute approximate surface area is 231 Å². The molecular formula is C27H30O14. The topological polar surface area (TPSA) is 251 Å². The molecule has 3 aromatic rings. The lowest BCUT2D eigenvalue weighted by atomic mass is 9.85. The molecule has 41 heavy (non-hydrogen) atoms. The summed E-state index contributed by atoms with van der Waals surface area (Å²) < 4.78 is 17.2. The summed E-state index contributed by atoms with van der Waals surface area (Å²) in [5, 5.41) is 104. The van der Waals surface area contributed by atoms with Crippen LogP contribution in [0.3, 0.4) is 0 Å². The Morgan fingerprint density at radius 1 is 0.732 bits per heavy atom. The maximum Gasteiger partial charge on any atom is 0.197 e. The zero-order valence-electron chi connectivity index (χ0n) is 21.5. The molecule has 222 valence electrons. The predicted molar refractivity (Wildman–Crippen MR) is 137 cm³/mol. The first-order chi connectivity index (χ1) is 19.4. The molecule has 14 heteroatoms. The summed E-state index contributed by atoms with van der Waals surface area (Å²) in [5.74, 6) is -2.01. The van der Waals surface area contributed by atoms with Gasteiger partial charge in [0.25, 0.3) is 0 Å². The summed E-state index contributed by atoms with van der Waals surface area (Å²) in [6.07, 6.45) is -16.9. The van der Waals surface area contributed by atoms with Crippen molar-refractivity contribution in [1.82, 2.24) is 0 Å². The van der Waals surface area contributed by atoms with E-state index in [9.17, 15) is 55.9 Å². The number of ether oxygens (including phenoxy) is 2.